The standard InChI is InChI=1S/C25H25.C15H8F6.C13H21.2ClH.Zr/c1-14-12-24(3,4)22-8-16-7-17-9-23-19(15(2)13-25(23,5)6)11-21(17)20(16)10-18(14)22;16-14(17,18)12-5-1-10(2-6-12)9-11-3-7-13(8-4-11)15(19,20)21;1-5-6-7-11-8-9-12(10-11)13(2,3)4;;;/h8-12H,7H2,1-6H3;1-8H;8-10H,5-7H2,1-4H3;2*1H;/q-1;;-1;;;+2/p-2. The van der Waals surface area contributed by atoms with Gasteiger partial charge in [-0.2, -0.15) is 28.8 Å². The van der Waals surface area contributed by atoms with Crippen LogP contribution in [0.3, 0.4) is 0 Å². The van der Waals surface area contributed by atoms with Crippen LogP contribution in [0, 0.1) is 6.08 Å². The normalized spacial score (nSPS) is 15.2. The van der Waals surface area contributed by atoms with Crippen molar-refractivity contribution in [3.8, 4) is 11.1 Å². The second-order valence-electron chi connectivity index (χ2n) is 18.6. The van der Waals surface area contributed by atoms with Gasteiger partial charge in [-0.15, -0.1) is 11.6 Å². The molecule has 3 aliphatic carbocycles. The summed E-state index contributed by atoms with van der Waals surface area (Å²) in [5.41, 5.74) is 17.4. The minimum atomic E-state index is -4.41. The van der Waals surface area contributed by atoms with E-state index in [-0.39, 0.29) is 35.6 Å². The molecule has 0 N–H and O–H groups in total. The maximum Gasteiger partial charge on any atom is -1.00 e. The van der Waals surface area contributed by atoms with Crippen molar-refractivity contribution in [1.82, 2.24) is 0 Å². The van der Waals surface area contributed by atoms with Gasteiger partial charge in [0.1, 0.15) is 0 Å². The van der Waals surface area contributed by atoms with Gasteiger partial charge in [0.2, 0.25) is 0 Å². The summed E-state index contributed by atoms with van der Waals surface area (Å²) in [6, 6.07) is 25.8. The van der Waals surface area contributed by atoms with Crippen molar-refractivity contribution < 1.29 is 75.4 Å². The maximum absolute atomic E-state index is 12.5. The number of alkyl halides is 6. The molecule has 328 valence electrons. The molecule has 9 heteroatoms. The van der Waals surface area contributed by atoms with Crippen LogP contribution >= 0.6 is 0 Å². The average Bonchev–Trinajstić information content (AvgIpc) is 3.90. The summed E-state index contributed by atoms with van der Waals surface area (Å²) >= 11 is 0.898. The second-order valence-corrected chi connectivity index (χ2v) is 19.8. The Bertz CT molecular complexity index is 2320. The number of benzene rings is 4. The molecule has 0 fully saturated rings. The fraction of sp³-hybridized carbons (Fsp3) is 0.358. The first-order valence-corrected chi connectivity index (χ1v) is 21.9. The van der Waals surface area contributed by atoms with Crippen molar-refractivity contribution in [3.05, 3.63) is 170 Å². The predicted molar refractivity (Wildman–Crippen MR) is 232 cm³/mol. The molecule has 0 atom stereocenters. The van der Waals surface area contributed by atoms with E-state index < -0.39 is 23.5 Å². The first kappa shape index (κ1) is 51.3. The van der Waals surface area contributed by atoms with Crippen LogP contribution in [0.1, 0.15) is 149 Å². The third-order valence-corrected chi connectivity index (χ3v) is 13.4. The molecule has 0 nitrogen and oxygen atoms in total. The van der Waals surface area contributed by atoms with Gasteiger partial charge in [0.25, 0.3) is 0 Å². The van der Waals surface area contributed by atoms with Gasteiger partial charge < -0.3 is 24.8 Å². The van der Waals surface area contributed by atoms with E-state index in [9.17, 15) is 26.3 Å². The van der Waals surface area contributed by atoms with Gasteiger partial charge in [-0.05, 0) is 58.4 Å². The van der Waals surface area contributed by atoms with E-state index in [0.29, 0.717) is 19.7 Å². The number of halogens is 8. The first-order valence-electron chi connectivity index (χ1n) is 20.7. The molecule has 0 saturated heterocycles. The quantitative estimate of drug-likeness (QED) is 0.120. The van der Waals surface area contributed by atoms with E-state index in [1.807, 2.05) is 0 Å². The van der Waals surface area contributed by atoms with Gasteiger partial charge in [-0.3, -0.25) is 6.08 Å². The van der Waals surface area contributed by atoms with Crippen molar-refractivity contribution in [2.24, 2.45) is 0 Å². The number of aryl methyl sites for hydroxylation is 1. The summed E-state index contributed by atoms with van der Waals surface area (Å²) in [6.07, 6.45) is 2.16. The third-order valence-electron chi connectivity index (χ3n) is 11.9. The molecule has 62 heavy (non-hydrogen) atoms. The van der Waals surface area contributed by atoms with E-state index in [2.05, 4.69) is 124 Å². The van der Waals surface area contributed by atoms with E-state index >= 15 is 0 Å². The number of fused-ring (bicyclic) bond motifs is 5. The number of allylic oxidation sites excluding steroid dienone is 4. The van der Waals surface area contributed by atoms with Crippen LogP contribution < -0.4 is 24.8 Å². The van der Waals surface area contributed by atoms with E-state index in [1.54, 1.807) is 0 Å². The average molecular weight is 967 g/mol. The molecule has 0 unspecified atom stereocenters. The smallest absolute Gasteiger partial charge is 1.00 e. The van der Waals surface area contributed by atoms with Gasteiger partial charge in [-0.25, -0.2) is 11.6 Å². The third kappa shape index (κ3) is 11.1. The van der Waals surface area contributed by atoms with E-state index in [4.69, 9.17) is 0 Å². The Labute approximate surface area is 391 Å². The van der Waals surface area contributed by atoms with E-state index in [1.165, 1.54) is 110 Å². The van der Waals surface area contributed by atoms with Crippen LogP contribution in [-0.4, -0.2) is 3.21 Å². The Balaban J connectivity index is 0.000000211. The van der Waals surface area contributed by atoms with Crippen molar-refractivity contribution in [3.63, 3.8) is 0 Å². The molecule has 0 aromatic heterocycles. The summed E-state index contributed by atoms with van der Waals surface area (Å²) in [5, 5.41) is 0. The number of hydrogen-bond donors (Lipinski definition) is 0. The van der Waals surface area contributed by atoms with Crippen LogP contribution in [0.15, 0.2) is 97.1 Å². The van der Waals surface area contributed by atoms with Gasteiger partial charge in [0.05, 0.1) is 0 Å². The molecule has 0 heterocycles. The molecule has 0 aliphatic heterocycles. The Morgan fingerprint density at radius 2 is 1.16 bits per heavy atom. The first-order chi connectivity index (χ1) is 27.8. The Hall–Kier alpha value is -3.38. The van der Waals surface area contributed by atoms with Gasteiger partial charge >= 0.3 is 137 Å². The van der Waals surface area contributed by atoms with Crippen molar-refractivity contribution in [2.75, 3.05) is 0 Å². The van der Waals surface area contributed by atoms with Crippen LogP contribution in [0.4, 0.5) is 26.3 Å². The summed E-state index contributed by atoms with van der Waals surface area (Å²) in [4.78, 5) is 0. The molecular formula is C53H54Cl2F6Zr-2. The molecule has 0 amide bonds. The fourth-order valence-corrected chi connectivity index (χ4v) is 9.41. The molecule has 5 aromatic rings. The van der Waals surface area contributed by atoms with Gasteiger partial charge in [-0.1, -0.05) is 111 Å². The van der Waals surface area contributed by atoms with Crippen molar-refractivity contribution in [1.29, 1.82) is 0 Å². The maximum atomic E-state index is 12.5. The van der Waals surface area contributed by atoms with Crippen LogP contribution in [0.25, 0.3) is 22.3 Å². The van der Waals surface area contributed by atoms with Crippen LogP contribution in [0.2, 0.25) is 0 Å². The molecule has 0 saturated carbocycles. The van der Waals surface area contributed by atoms with Crippen LogP contribution in [-0.2, 0) is 65.7 Å². The molecule has 3 aliphatic rings. The number of hydrogen-bond acceptors (Lipinski definition) is 0. The molecule has 0 radical (unpaired) electrons. The predicted octanol–water partition coefficient (Wildman–Crippen LogP) is 9.34. The molecular weight excluding hydrogens is 913 g/mol. The number of rotatable bonds is 5. The zero-order valence-corrected chi connectivity index (χ0v) is 41.1. The Morgan fingerprint density at radius 3 is 1.61 bits per heavy atom. The minimum absolute atomic E-state index is 0. The van der Waals surface area contributed by atoms with Gasteiger partial charge in [0.15, 0.2) is 0 Å². The second kappa shape index (κ2) is 19.0. The molecule has 0 spiro atoms. The van der Waals surface area contributed by atoms with Gasteiger partial charge in [0, 0.05) is 5.41 Å². The summed E-state index contributed by atoms with van der Waals surface area (Å²) in [5.74, 6) is 0. The zero-order chi connectivity index (χ0) is 44.2. The number of unbranched alkanes of at least 4 members (excludes halogenated alkanes) is 1. The summed E-state index contributed by atoms with van der Waals surface area (Å²) < 4.78 is 75.6. The largest absolute Gasteiger partial charge is 1.00 e. The fourth-order valence-electron chi connectivity index (χ4n) is 8.59. The Kier molecular flexibility index (Phi) is 15.7. The minimum Gasteiger partial charge on any atom is -1.00 e. The van der Waals surface area contributed by atoms with Crippen molar-refractivity contribution in [2.45, 2.75) is 124 Å². The van der Waals surface area contributed by atoms with E-state index in [0.717, 1.165) is 54.9 Å². The van der Waals surface area contributed by atoms with Crippen molar-refractivity contribution >= 4 is 14.4 Å². The zero-order valence-electron chi connectivity index (χ0n) is 37.1. The molecule has 8 rings (SSSR count). The molecule has 0 bridgehead atoms. The summed E-state index contributed by atoms with van der Waals surface area (Å²) in [7, 11) is 0. The SMILES string of the molecule is CC1=[C-]C(C)(C)c2cc3c(cc21)-c1cc2c(cc1C3)C(C)(C)C=C2C.CCCCc1cc(C(C)(C)C)c[cH-]1.FC(F)(F)c1ccc([C](=[Zr+2])c2ccc(C(F)(F)F)cc2)cc1.[Cl-].[Cl-]. The van der Waals surface area contributed by atoms with Crippen LogP contribution in [0.5, 0.6) is 0 Å². The summed E-state index contributed by atoms with van der Waals surface area (Å²) in [6.45, 7) is 22.7. The molecule has 5 aromatic carbocycles. The monoisotopic (exact) mass is 964 g/mol. The Morgan fingerprint density at radius 1 is 0.677 bits per heavy atom. The topological polar surface area (TPSA) is 0 Å².